The van der Waals surface area contributed by atoms with E-state index >= 15 is 0 Å². The van der Waals surface area contributed by atoms with Crippen molar-refractivity contribution in [3.05, 3.63) is 57.5 Å². The Kier molecular flexibility index (Phi) is 4.98. The van der Waals surface area contributed by atoms with Crippen LogP contribution in [0.3, 0.4) is 0 Å². The molecule has 2 amide bonds. The molecule has 0 fully saturated rings. The predicted molar refractivity (Wildman–Crippen MR) is 87.9 cm³/mol. The third kappa shape index (κ3) is 4.58. The Morgan fingerprint density at radius 2 is 1.57 bits per heavy atom. The Morgan fingerprint density at radius 1 is 1.00 bits per heavy atom. The molecule has 0 saturated heterocycles. The van der Waals surface area contributed by atoms with Gasteiger partial charge in [-0.2, -0.15) is 0 Å². The van der Waals surface area contributed by atoms with Crippen LogP contribution in [0, 0.1) is 0 Å². The summed E-state index contributed by atoms with van der Waals surface area (Å²) in [4.78, 5) is 23.0. The second kappa shape index (κ2) is 6.74. The summed E-state index contributed by atoms with van der Waals surface area (Å²) < 4.78 is 0.737. The molecule has 2 rings (SSSR count). The first-order chi connectivity index (χ1) is 9.94. The average molecular weight is 368 g/mol. The van der Waals surface area contributed by atoms with Gasteiger partial charge in [-0.15, -0.1) is 0 Å². The van der Waals surface area contributed by atoms with Gasteiger partial charge in [-0.3, -0.25) is 9.59 Å². The van der Waals surface area contributed by atoms with Gasteiger partial charge in [0.05, 0.1) is 0 Å². The molecule has 6 heteroatoms. The minimum atomic E-state index is -0.259. The van der Waals surface area contributed by atoms with E-state index in [0.717, 1.165) is 4.47 Å². The van der Waals surface area contributed by atoms with E-state index < -0.39 is 0 Å². The van der Waals surface area contributed by atoms with Crippen LogP contribution in [0.1, 0.15) is 17.3 Å². The molecular weight excluding hydrogens is 356 g/mol. The van der Waals surface area contributed by atoms with Gasteiger partial charge in [0.1, 0.15) is 0 Å². The van der Waals surface area contributed by atoms with Crippen LogP contribution < -0.4 is 10.6 Å². The largest absolute Gasteiger partial charge is 0.326 e. The number of amides is 2. The van der Waals surface area contributed by atoms with Crippen molar-refractivity contribution in [1.29, 1.82) is 0 Å². The molecule has 0 aliphatic heterocycles. The molecule has 0 saturated carbocycles. The van der Waals surface area contributed by atoms with E-state index in [9.17, 15) is 9.59 Å². The Labute approximate surface area is 135 Å². The zero-order valence-electron chi connectivity index (χ0n) is 11.1. The Bertz CT molecular complexity index is 666. The quantitative estimate of drug-likeness (QED) is 0.849. The lowest BCUT2D eigenvalue weighted by Gasteiger charge is -2.07. The number of hydrogen-bond acceptors (Lipinski definition) is 2. The van der Waals surface area contributed by atoms with Crippen LogP contribution in [0.5, 0.6) is 0 Å². The summed E-state index contributed by atoms with van der Waals surface area (Å²) in [5, 5.41) is 5.90. The van der Waals surface area contributed by atoms with Crippen LogP contribution in [0.4, 0.5) is 11.4 Å². The lowest BCUT2D eigenvalue weighted by Crippen LogP contribution is -2.12. The molecule has 0 radical (unpaired) electrons. The maximum Gasteiger partial charge on any atom is 0.255 e. The summed E-state index contributed by atoms with van der Waals surface area (Å²) in [6, 6.07) is 11.8. The zero-order valence-corrected chi connectivity index (χ0v) is 13.5. The highest BCUT2D eigenvalue weighted by molar-refractivity contribution is 9.10. The lowest BCUT2D eigenvalue weighted by atomic mass is 10.2. The molecule has 2 aromatic carbocycles. The Morgan fingerprint density at radius 3 is 2.10 bits per heavy atom. The number of hydrogen-bond donors (Lipinski definition) is 2. The van der Waals surface area contributed by atoms with E-state index in [1.165, 1.54) is 6.92 Å². The van der Waals surface area contributed by atoms with Crippen LogP contribution in [0.25, 0.3) is 0 Å². The van der Waals surface area contributed by atoms with Gasteiger partial charge in [-0.25, -0.2) is 0 Å². The zero-order chi connectivity index (χ0) is 15.4. The first kappa shape index (κ1) is 15.5. The molecule has 0 heterocycles. The number of carbonyl (C=O) groups is 2. The molecule has 0 bridgehead atoms. The summed E-state index contributed by atoms with van der Waals surface area (Å²) in [6.45, 7) is 1.44. The fourth-order valence-corrected chi connectivity index (χ4v) is 2.59. The van der Waals surface area contributed by atoms with Crippen LogP contribution >= 0.6 is 27.5 Å². The highest BCUT2D eigenvalue weighted by Crippen LogP contribution is 2.21. The van der Waals surface area contributed by atoms with E-state index in [2.05, 4.69) is 26.6 Å². The molecular formula is C15H12BrClN2O2. The van der Waals surface area contributed by atoms with Crippen molar-refractivity contribution in [2.24, 2.45) is 0 Å². The molecule has 0 unspecified atom stereocenters. The third-order valence-corrected chi connectivity index (χ3v) is 3.26. The van der Waals surface area contributed by atoms with Gasteiger partial charge >= 0.3 is 0 Å². The maximum absolute atomic E-state index is 12.1. The lowest BCUT2D eigenvalue weighted by molar-refractivity contribution is -0.114. The topological polar surface area (TPSA) is 58.2 Å². The van der Waals surface area contributed by atoms with Crippen molar-refractivity contribution in [3.63, 3.8) is 0 Å². The van der Waals surface area contributed by atoms with Gasteiger partial charge in [0.2, 0.25) is 5.91 Å². The van der Waals surface area contributed by atoms with Crippen molar-refractivity contribution < 1.29 is 9.59 Å². The molecule has 21 heavy (non-hydrogen) atoms. The number of anilines is 2. The molecule has 2 aromatic rings. The number of carbonyl (C=O) groups excluding carboxylic acids is 2. The van der Waals surface area contributed by atoms with Gasteiger partial charge < -0.3 is 10.6 Å². The van der Waals surface area contributed by atoms with Crippen molar-refractivity contribution in [1.82, 2.24) is 0 Å². The minimum Gasteiger partial charge on any atom is -0.326 e. The summed E-state index contributed by atoms with van der Waals surface area (Å²) in [6.07, 6.45) is 0. The van der Waals surface area contributed by atoms with Crippen molar-refractivity contribution >= 4 is 50.7 Å². The van der Waals surface area contributed by atoms with Gasteiger partial charge in [0.15, 0.2) is 0 Å². The van der Waals surface area contributed by atoms with Crippen LogP contribution in [-0.2, 0) is 4.79 Å². The highest BCUT2D eigenvalue weighted by atomic mass is 79.9. The molecule has 0 aliphatic rings. The number of nitrogens with one attached hydrogen (secondary N) is 2. The van der Waals surface area contributed by atoms with Crippen LogP contribution in [0.2, 0.25) is 5.02 Å². The van der Waals surface area contributed by atoms with Crippen molar-refractivity contribution in [3.8, 4) is 0 Å². The van der Waals surface area contributed by atoms with Crippen LogP contribution in [-0.4, -0.2) is 11.8 Å². The molecule has 0 atom stereocenters. The monoisotopic (exact) mass is 366 g/mol. The minimum absolute atomic E-state index is 0.143. The summed E-state index contributed by atoms with van der Waals surface area (Å²) >= 11 is 9.21. The normalized spacial score (nSPS) is 10.0. The van der Waals surface area contributed by atoms with Gasteiger partial charge in [0.25, 0.3) is 5.91 Å². The Balaban J connectivity index is 2.10. The summed E-state index contributed by atoms with van der Waals surface area (Å²) in [5.41, 5.74) is 1.76. The Hall–Kier alpha value is -1.85. The van der Waals surface area contributed by atoms with E-state index in [1.807, 2.05) is 0 Å². The number of benzene rings is 2. The number of halogens is 2. The fraction of sp³-hybridized carbons (Fsp3) is 0.0667. The predicted octanol–water partition coefficient (Wildman–Crippen LogP) is 4.31. The summed E-state index contributed by atoms with van der Waals surface area (Å²) in [7, 11) is 0. The molecule has 0 aromatic heterocycles. The molecule has 2 N–H and O–H groups in total. The van der Waals surface area contributed by atoms with Crippen molar-refractivity contribution in [2.75, 3.05) is 10.6 Å². The molecule has 0 aliphatic carbocycles. The molecule has 0 spiro atoms. The van der Waals surface area contributed by atoms with Gasteiger partial charge in [0, 0.05) is 33.4 Å². The van der Waals surface area contributed by atoms with Gasteiger partial charge in [-0.05, 0) is 42.5 Å². The van der Waals surface area contributed by atoms with E-state index in [1.54, 1.807) is 42.5 Å². The molecule has 108 valence electrons. The second-order valence-electron chi connectivity index (χ2n) is 4.37. The maximum atomic E-state index is 12.1. The first-order valence-electron chi connectivity index (χ1n) is 6.09. The highest BCUT2D eigenvalue weighted by Gasteiger charge is 2.08. The first-order valence-corrected chi connectivity index (χ1v) is 7.26. The molecule has 4 nitrogen and oxygen atoms in total. The smallest absolute Gasteiger partial charge is 0.255 e. The standard InChI is InChI=1S/C15H12BrClN2O2/c1-9(20)18-13-2-4-14(5-3-13)19-15(21)10-6-11(16)8-12(17)7-10/h2-8H,1H3,(H,18,20)(H,19,21). The van der Waals surface area contributed by atoms with Crippen molar-refractivity contribution in [2.45, 2.75) is 6.92 Å². The third-order valence-electron chi connectivity index (χ3n) is 2.59. The van der Waals surface area contributed by atoms with E-state index in [4.69, 9.17) is 11.6 Å². The average Bonchev–Trinajstić information content (AvgIpc) is 2.39. The van der Waals surface area contributed by atoms with E-state index in [0.29, 0.717) is 22.0 Å². The fourth-order valence-electron chi connectivity index (χ4n) is 1.73. The number of rotatable bonds is 3. The van der Waals surface area contributed by atoms with E-state index in [-0.39, 0.29) is 11.8 Å². The summed E-state index contributed by atoms with van der Waals surface area (Å²) in [5.74, 6) is -0.402. The van der Waals surface area contributed by atoms with Crippen LogP contribution in [0.15, 0.2) is 46.9 Å². The second-order valence-corrected chi connectivity index (χ2v) is 5.72. The van der Waals surface area contributed by atoms with Gasteiger partial charge in [-0.1, -0.05) is 27.5 Å². The SMILES string of the molecule is CC(=O)Nc1ccc(NC(=O)c2cc(Cl)cc(Br)c2)cc1.